The Hall–Kier alpha value is -2.29. The number of amides is 1. The molecule has 2 aromatic carbocycles. The van der Waals surface area contributed by atoms with Gasteiger partial charge in [-0.1, -0.05) is 17.2 Å². The average Bonchev–Trinajstić information content (AvgIpc) is 3.00. The van der Waals surface area contributed by atoms with Crippen molar-refractivity contribution >= 4 is 17.3 Å². The third kappa shape index (κ3) is 3.55. The molecule has 0 atom stereocenters. The third-order valence-electron chi connectivity index (χ3n) is 4.39. The quantitative estimate of drug-likeness (QED) is 0.907. The van der Waals surface area contributed by atoms with Crippen LogP contribution in [0.2, 0.25) is 0 Å². The van der Waals surface area contributed by atoms with Gasteiger partial charge in [0, 0.05) is 30.0 Å². The number of aryl methyl sites for hydroxylation is 3. The maximum Gasteiger partial charge on any atom is 0.255 e. The van der Waals surface area contributed by atoms with Crippen LogP contribution >= 0.6 is 0 Å². The van der Waals surface area contributed by atoms with Crippen LogP contribution in [0.5, 0.6) is 0 Å². The summed E-state index contributed by atoms with van der Waals surface area (Å²) < 4.78 is 0. The number of hydrogen-bond donors (Lipinski definition) is 1. The zero-order valence-electron chi connectivity index (χ0n) is 14.1. The first kappa shape index (κ1) is 15.6. The van der Waals surface area contributed by atoms with E-state index in [1.807, 2.05) is 32.0 Å². The molecule has 1 amide bonds. The van der Waals surface area contributed by atoms with Crippen LogP contribution in [0.15, 0.2) is 36.4 Å². The molecule has 1 aliphatic rings. The molecular weight excluding hydrogens is 284 g/mol. The van der Waals surface area contributed by atoms with Crippen molar-refractivity contribution in [2.24, 2.45) is 0 Å². The number of nitrogens with zero attached hydrogens (tertiary/aromatic N) is 1. The molecular formula is C20H24N2O. The lowest BCUT2D eigenvalue weighted by molar-refractivity contribution is 0.102. The van der Waals surface area contributed by atoms with E-state index in [1.54, 1.807) is 0 Å². The summed E-state index contributed by atoms with van der Waals surface area (Å²) in [6, 6.07) is 12.1. The normalized spacial score (nSPS) is 14.1. The number of nitrogens with one attached hydrogen (secondary N) is 1. The van der Waals surface area contributed by atoms with Crippen LogP contribution in [-0.2, 0) is 0 Å². The van der Waals surface area contributed by atoms with Crippen LogP contribution in [-0.4, -0.2) is 19.0 Å². The van der Waals surface area contributed by atoms with Gasteiger partial charge in [0.15, 0.2) is 0 Å². The van der Waals surface area contributed by atoms with Gasteiger partial charge >= 0.3 is 0 Å². The second kappa shape index (κ2) is 6.45. The Morgan fingerprint density at radius 3 is 2.22 bits per heavy atom. The van der Waals surface area contributed by atoms with Crippen molar-refractivity contribution in [1.82, 2.24) is 0 Å². The van der Waals surface area contributed by atoms with E-state index >= 15 is 0 Å². The first-order valence-corrected chi connectivity index (χ1v) is 8.28. The molecule has 3 heteroatoms. The fourth-order valence-electron chi connectivity index (χ4n) is 3.36. The molecule has 1 fully saturated rings. The van der Waals surface area contributed by atoms with Crippen molar-refractivity contribution in [3.63, 3.8) is 0 Å². The smallest absolute Gasteiger partial charge is 0.255 e. The van der Waals surface area contributed by atoms with E-state index in [0.717, 1.165) is 29.9 Å². The molecule has 23 heavy (non-hydrogen) atoms. The number of benzene rings is 2. The summed E-state index contributed by atoms with van der Waals surface area (Å²) in [5.41, 5.74) is 6.28. The van der Waals surface area contributed by atoms with Gasteiger partial charge < -0.3 is 10.2 Å². The molecule has 1 aliphatic heterocycles. The largest absolute Gasteiger partial charge is 0.371 e. The van der Waals surface area contributed by atoms with E-state index < -0.39 is 0 Å². The first-order chi connectivity index (χ1) is 11.0. The van der Waals surface area contributed by atoms with Crippen LogP contribution in [0.1, 0.15) is 39.9 Å². The lowest BCUT2D eigenvalue weighted by atomic mass is 10.1. The molecule has 1 N–H and O–H groups in total. The van der Waals surface area contributed by atoms with Crippen molar-refractivity contribution in [3.8, 4) is 0 Å². The standard InChI is InChI=1S/C20H24N2O/c1-14-10-15(2)12-17(11-14)20(23)21-18-6-7-19(16(3)13-18)22-8-4-5-9-22/h6-7,10-13H,4-5,8-9H2,1-3H3,(H,21,23). The molecule has 1 saturated heterocycles. The molecule has 0 aromatic heterocycles. The molecule has 0 saturated carbocycles. The van der Waals surface area contributed by atoms with Crippen molar-refractivity contribution in [2.75, 3.05) is 23.3 Å². The highest BCUT2D eigenvalue weighted by atomic mass is 16.1. The van der Waals surface area contributed by atoms with Gasteiger partial charge in [0.2, 0.25) is 0 Å². The molecule has 0 spiro atoms. The Morgan fingerprint density at radius 1 is 0.957 bits per heavy atom. The lowest BCUT2D eigenvalue weighted by Crippen LogP contribution is -2.19. The predicted molar refractivity (Wildman–Crippen MR) is 96.5 cm³/mol. The average molecular weight is 308 g/mol. The number of anilines is 2. The Labute approximate surface area is 138 Å². The van der Waals surface area contributed by atoms with Crippen molar-refractivity contribution < 1.29 is 4.79 Å². The summed E-state index contributed by atoms with van der Waals surface area (Å²) in [6.45, 7) is 8.40. The Bertz CT molecular complexity index is 710. The molecule has 0 aliphatic carbocycles. The van der Waals surface area contributed by atoms with Gasteiger partial charge in [-0.25, -0.2) is 0 Å². The van der Waals surface area contributed by atoms with Gasteiger partial charge in [0.25, 0.3) is 5.91 Å². The summed E-state index contributed by atoms with van der Waals surface area (Å²) in [6.07, 6.45) is 2.54. The topological polar surface area (TPSA) is 32.3 Å². The highest BCUT2D eigenvalue weighted by Crippen LogP contribution is 2.27. The molecule has 3 nitrogen and oxygen atoms in total. The van der Waals surface area contributed by atoms with Gasteiger partial charge in [-0.2, -0.15) is 0 Å². The molecule has 2 aromatic rings. The van der Waals surface area contributed by atoms with Crippen LogP contribution < -0.4 is 10.2 Å². The van der Waals surface area contributed by atoms with Crippen LogP contribution in [0.25, 0.3) is 0 Å². The summed E-state index contributed by atoms with van der Waals surface area (Å²) in [7, 11) is 0. The van der Waals surface area contributed by atoms with E-state index in [4.69, 9.17) is 0 Å². The summed E-state index contributed by atoms with van der Waals surface area (Å²) >= 11 is 0. The second-order valence-corrected chi connectivity index (χ2v) is 6.53. The van der Waals surface area contributed by atoms with Gasteiger partial charge in [-0.05, 0) is 69.5 Å². The number of rotatable bonds is 3. The molecule has 0 bridgehead atoms. The van der Waals surface area contributed by atoms with Gasteiger partial charge in [0.05, 0.1) is 0 Å². The van der Waals surface area contributed by atoms with E-state index in [9.17, 15) is 4.79 Å². The summed E-state index contributed by atoms with van der Waals surface area (Å²) in [5, 5.41) is 3.01. The Morgan fingerprint density at radius 2 is 1.61 bits per heavy atom. The second-order valence-electron chi connectivity index (χ2n) is 6.53. The number of hydrogen-bond acceptors (Lipinski definition) is 2. The van der Waals surface area contributed by atoms with E-state index in [1.165, 1.54) is 24.1 Å². The zero-order valence-corrected chi connectivity index (χ0v) is 14.1. The SMILES string of the molecule is Cc1cc(C)cc(C(=O)Nc2ccc(N3CCCC3)c(C)c2)c1. The fourth-order valence-corrected chi connectivity index (χ4v) is 3.36. The molecule has 120 valence electrons. The Balaban J connectivity index is 1.77. The number of carbonyl (C=O) groups is 1. The van der Waals surface area contributed by atoms with E-state index in [2.05, 4.69) is 35.3 Å². The van der Waals surface area contributed by atoms with Gasteiger partial charge in [-0.15, -0.1) is 0 Å². The lowest BCUT2D eigenvalue weighted by Gasteiger charge is -2.20. The van der Waals surface area contributed by atoms with Crippen LogP contribution in [0, 0.1) is 20.8 Å². The van der Waals surface area contributed by atoms with E-state index in [-0.39, 0.29) is 5.91 Å². The Kier molecular flexibility index (Phi) is 4.37. The zero-order chi connectivity index (χ0) is 16.4. The van der Waals surface area contributed by atoms with Crippen LogP contribution in [0.3, 0.4) is 0 Å². The molecule has 0 unspecified atom stereocenters. The van der Waals surface area contributed by atoms with Crippen molar-refractivity contribution in [1.29, 1.82) is 0 Å². The van der Waals surface area contributed by atoms with Crippen LogP contribution in [0.4, 0.5) is 11.4 Å². The number of carbonyl (C=O) groups excluding carboxylic acids is 1. The van der Waals surface area contributed by atoms with Gasteiger partial charge in [0.1, 0.15) is 0 Å². The van der Waals surface area contributed by atoms with Crippen molar-refractivity contribution in [3.05, 3.63) is 58.7 Å². The molecule has 3 rings (SSSR count). The highest BCUT2D eigenvalue weighted by molar-refractivity contribution is 6.04. The minimum atomic E-state index is -0.0508. The maximum atomic E-state index is 12.4. The monoisotopic (exact) mass is 308 g/mol. The minimum absolute atomic E-state index is 0.0508. The van der Waals surface area contributed by atoms with E-state index in [0.29, 0.717) is 5.56 Å². The first-order valence-electron chi connectivity index (χ1n) is 8.28. The summed E-state index contributed by atoms with van der Waals surface area (Å²) in [5.74, 6) is -0.0508. The molecule has 1 heterocycles. The minimum Gasteiger partial charge on any atom is -0.371 e. The fraction of sp³-hybridized carbons (Fsp3) is 0.350. The third-order valence-corrected chi connectivity index (χ3v) is 4.39. The maximum absolute atomic E-state index is 12.4. The predicted octanol–water partition coefficient (Wildman–Crippen LogP) is 4.46. The highest BCUT2D eigenvalue weighted by Gasteiger charge is 2.15. The van der Waals surface area contributed by atoms with Crippen molar-refractivity contribution in [2.45, 2.75) is 33.6 Å². The summed E-state index contributed by atoms with van der Waals surface area (Å²) in [4.78, 5) is 14.9. The van der Waals surface area contributed by atoms with Gasteiger partial charge in [-0.3, -0.25) is 4.79 Å². The molecule has 0 radical (unpaired) electrons.